The van der Waals surface area contributed by atoms with Crippen LogP contribution in [0.5, 0.6) is 0 Å². The van der Waals surface area contributed by atoms with Gasteiger partial charge in [-0.05, 0) is 57.4 Å². The van der Waals surface area contributed by atoms with E-state index in [2.05, 4.69) is 47.2 Å². The number of benzene rings is 1. The Labute approximate surface area is 136 Å². The molecule has 2 saturated heterocycles. The number of nitrogens with one attached hydrogen (secondary N) is 2. The van der Waals surface area contributed by atoms with Crippen LogP contribution in [0.1, 0.15) is 37.8 Å². The highest BCUT2D eigenvalue weighted by molar-refractivity contribution is 5.76. The highest BCUT2D eigenvalue weighted by Crippen LogP contribution is 2.31. The van der Waals surface area contributed by atoms with Crippen molar-refractivity contribution in [3.8, 4) is 0 Å². The highest BCUT2D eigenvalue weighted by atomic mass is 16.1. The summed E-state index contributed by atoms with van der Waals surface area (Å²) in [5.41, 5.74) is 3.53. The number of likely N-dealkylation sites (tertiary alicyclic amines) is 1. The summed E-state index contributed by atoms with van der Waals surface area (Å²) in [7, 11) is 0. The number of H-pyrrole nitrogens is 1. The standard InChI is InChI=1S/C18H26N4O/c1-13-3-4-16-15(11-13)20-17(23)22(16)14-5-9-21(10-6-14)18(2)7-8-19-12-18/h3-4,11,14,19H,5-10,12H2,1-2H3,(H,20,23). The van der Waals surface area contributed by atoms with Gasteiger partial charge in [0.05, 0.1) is 11.0 Å². The molecule has 2 aliphatic heterocycles. The van der Waals surface area contributed by atoms with Crippen molar-refractivity contribution >= 4 is 11.0 Å². The maximum Gasteiger partial charge on any atom is 0.326 e. The topological polar surface area (TPSA) is 53.1 Å². The Morgan fingerprint density at radius 3 is 2.74 bits per heavy atom. The third-order valence-corrected chi connectivity index (χ3v) is 5.81. The molecule has 0 saturated carbocycles. The summed E-state index contributed by atoms with van der Waals surface area (Å²) >= 11 is 0. The number of aryl methyl sites for hydroxylation is 1. The predicted molar refractivity (Wildman–Crippen MR) is 93.0 cm³/mol. The van der Waals surface area contributed by atoms with Gasteiger partial charge in [-0.1, -0.05) is 6.07 Å². The van der Waals surface area contributed by atoms with E-state index in [0.29, 0.717) is 11.6 Å². The zero-order valence-electron chi connectivity index (χ0n) is 14.1. The van der Waals surface area contributed by atoms with Gasteiger partial charge in [0.2, 0.25) is 0 Å². The molecule has 1 atom stereocenters. The Balaban J connectivity index is 1.57. The second-order valence-corrected chi connectivity index (χ2v) is 7.46. The first-order valence-electron chi connectivity index (χ1n) is 8.73. The summed E-state index contributed by atoms with van der Waals surface area (Å²) < 4.78 is 1.99. The molecule has 0 amide bonds. The van der Waals surface area contributed by atoms with Gasteiger partial charge < -0.3 is 10.3 Å². The summed E-state index contributed by atoms with van der Waals surface area (Å²) in [6, 6.07) is 6.55. The Hall–Kier alpha value is -1.59. The van der Waals surface area contributed by atoms with Crippen molar-refractivity contribution in [2.45, 2.75) is 44.7 Å². The van der Waals surface area contributed by atoms with Crippen LogP contribution in [0.4, 0.5) is 0 Å². The van der Waals surface area contributed by atoms with Crippen LogP contribution in [0.15, 0.2) is 23.0 Å². The molecule has 3 heterocycles. The largest absolute Gasteiger partial charge is 0.326 e. The molecule has 2 aromatic rings. The van der Waals surface area contributed by atoms with Crippen molar-refractivity contribution in [1.29, 1.82) is 0 Å². The van der Waals surface area contributed by atoms with Crippen molar-refractivity contribution < 1.29 is 0 Å². The molecule has 5 heteroatoms. The van der Waals surface area contributed by atoms with Crippen LogP contribution in [0.25, 0.3) is 11.0 Å². The second kappa shape index (κ2) is 5.49. The van der Waals surface area contributed by atoms with E-state index in [9.17, 15) is 4.79 Å². The van der Waals surface area contributed by atoms with Gasteiger partial charge in [0.25, 0.3) is 0 Å². The minimum Gasteiger partial charge on any atom is -0.315 e. The van der Waals surface area contributed by atoms with E-state index >= 15 is 0 Å². The van der Waals surface area contributed by atoms with Crippen molar-refractivity contribution in [3.63, 3.8) is 0 Å². The summed E-state index contributed by atoms with van der Waals surface area (Å²) in [6.45, 7) is 8.79. The molecule has 2 N–H and O–H groups in total. The average molecular weight is 314 g/mol. The third-order valence-electron chi connectivity index (χ3n) is 5.81. The lowest BCUT2D eigenvalue weighted by molar-refractivity contribution is 0.0778. The number of rotatable bonds is 2. The first kappa shape index (κ1) is 15.0. The Morgan fingerprint density at radius 1 is 1.26 bits per heavy atom. The number of hydrogen-bond donors (Lipinski definition) is 2. The maximum atomic E-state index is 12.4. The van der Waals surface area contributed by atoms with Crippen LogP contribution in [-0.4, -0.2) is 46.2 Å². The normalized spacial score (nSPS) is 27.0. The van der Waals surface area contributed by atoms with Gasteiger partial charge in [-0.25, -0.2) is 4.79 Å². The number of nitrogens with zero attached hydrogens (tertiary/aromatic N) is 2. The zero-order chi connectivity index (χ0) is 16.0. The van der Waals surface area contributed by atoms with E-state index in [-0.39, 0.29) is 5.69 Å². The molecule has 2 aliphatic rings. The molecule has 0 bridgehead atoms. The average Bonchev–Trinajstić information content (AvgIpc) is 3.11. The molecule has 1 aromatic carbocycles. The monoisotopic (exact) mass is 314 g/mol. The van der Waals surface area contributed by atoms with Gasteiger partial charge in [0.15, 0.2) is 0 Å². The molecule has 0 aliphatic carbocycles. The minimum atomic E-state index is 0.0396. The van der Waals surface area contributed by atoms with Crippen molar-refractivity contribution in [1.82, 2.24) is 19.8 Å². The van der Waals surface area contributed by atoms with E-state index in [1.165, 1.54) is 12.0 Å². The molecule has 1 unspecified atom stereocenters. The summed E-state index contributed by atoms with van der Waals surface area (Å²) in [5.74, 6) is 0. The van der Waals surface area contributed by atoms with Gasteiger partial charge in [-0.2, -0.15) is 0 Å². The molecule has 2 fully saturated rings. The van der Waals surface area contributed by atoms with Crippen LogP contribution >= 0.6 is 0 Å². The lowest BCUT2D eigenvalue weighted by Crippen LogP contribution is -2.51. The number of piperidine rings is 1. The number of fused-ring (bicyclic) bond motifs is 1. The summed E-state index contributed by atoms with van der Waals surface area (Å²) in [6.07, 6.45) is 3.33. The molecule has 124 valence electrons. The van der Waals surface area contributed by atoms with Crippen molar-refractivity contribution in [2.24, 2.45) is 0 Å². The quantitative estimate of drug-likeness (QED) is 0.892. The van der Waals surface area contributed by atoms with Crippen molar-refractivity contribution in [2.75, 3.05) is 26.2 Å². The number of imidazole rings is 1. The van der Waals surface area contributed by atoms with E-state index in [1.807, 2.05) is 4.57 Å². The molecule has 0 radical (unpaired) electrons. The fraction of sp³-hybridized carbons (Fsp3) is 0.611. The third kappa shape index (κ3) is 2.52. The van der Waals surface area contributed by atoms with Gasteiger partial charge in [0.1, 0.15) is 0 Å². The Morgan fingerprint density at radius 2 is 2.04 bits per heavy atom. The molecule has 23 heavy (non-hydrogen) atoms. The van der Waals surface area contributed by atoms with E-state index in [0.717, 1.165) is 50.1 Å². The summed E-state index contributed by atoms with van der Waals surface area (Å²) in [5, 5.41) is 3.49. The Bertz CT molecular complexity index is 761. The van der Waals surface area contributed by atoms with Gasteiger partial charge in [-0.15, -0.1) is 0 Å². The van der Waals surface area contributed by atoms with Gasteiger partial charge in [0, 0.05) is 31.2 Å². The van der Waals surface area contributed by atoms with E-state index in [4.69, 9.17) is 0 Å². The zero-order valence-corrected chi connectivity index (χ0v) is 14.1. The molecule has 5 nitrogen and oxygen atoms in total. The smallest absolute Gasteiger partial charge is 0.315 e. The first-order valence-corrected chi connectivity index (χ1v) is 8.73. The SMILES string of the molecule is Cc1ccc2c(c1)[nH]c(=O)n2C1CCN(C2(C)CCNC2)CC1. The molecular weight excluding hydrogens is 288 g/mol. The first-order chi connectivity index (χ1) is 11.1. The lowest BCUT2D eigenvalue weighted by Gasteiger charge is -2.42. The predicted octanol–water partition coefficient (Wildman–Crippen LogP) is 2.03. The minimum absolute atomic E-state index is 0.0396. The Kier molecular flexibility index (Phi) is 3.58. The van der Waals surface area contributed by atoms with E-state index < -0.39 is 0 Å². The second-order valence-electron chi connectivity index (χ2n) is 7.46. The molecule has 0 spiro atoms. The molecule has 1 aromatic heterocycles. The highest BCUT2D eigenvalue weighted by Gasteiger charge is 2.37. The van der Waals surface area contributed by atoms with Crippen LogP contribution in [0.3, 0.4) is 0 Å². The van der Waals surface area contributed by atoms with Crippen LogP contribution in [-0.2, 0) is 0 Å². The van der Waals surface area contributed by atoms with E-state index in [1.54, 1.807) is 0 Å². The molecular formula is C18H26N4O. The fourth-order valence-electron chi connectivity index (χ4n) is 4.34. The fourth-order valence-corrected chi connectivity index (χ4v) is 4.34. The van der Waals surface area contributed by atoms with Gasteiger partial charge in [-0.3, -0.25) is 9.47 Å². The summed E-state index contributed by atoms with van der Waals surface area (Å²) in [4.78, 5) is 18.1. The van der Waals surface area contributed by atoms with Crippen LogP contribution in [0.2, 0.25) is 0 Å². The number of aromatic amines is 1. The van der Waals surface area contributed by atoms with Crippen LogP contribution < -0.4 is 11.0 Å². The number of hydrogen-bond acceptors (Lipinski definition) is 3. The molecule has 4 rings (SSSR count). The van der Waals surface area contributed by atoms with Gasteiger partial charge >= 0.3 is 5.69 Å². The van der Waals surface area contributed by atoms with Crippen LogP contribution in [0, 0.1) is 6.92 Å². The lowest BCUT2D eigenvalue weighted by atomic mass is 9.94. The number of aromatic nitrogens is 2. The maximum absolute atomic E-state index is 12.4. The van der Waals surface area contributed by atoms with Crippen molar-refractivity contribution in [3.05, 3.63) is 34.2 Å².